The summed E-state index contributed by atoms with van der Waals surface area (Å²) in [5, 5.41) is 3.16. The Labute approximate surface area is 187 Å². The van der Waals surface area contributed by atoms with E-state index in [4.69, 9.17) is 14.2 Å². The van der Waals surface area contributed by atoms with Crippen LogP contribution >= 0.6 is 0 Å². The third-order valence-corrected chi connectivity index (χ3v) is 6.10. The summed E-state index contributed by atoms with van der Waals surface area (Å²) in [5.74, 6) is -0.697. The summed E-state index contributed by atoms with van der Waals surface area (Å²) in [6, 6.07) is -0.604. The van der Waals surface area contributed by atoms with E-state index in [-0.39, 0.29) is 42.2 Å². The molecule has 1 aliphatic rings. The molecular formula is C24H41NO6. The summed E-state index contributed by atoms with van der Waals surface area (Å²) in [4.78, 5) is 35.9. The topological polar surface area (TPSA) is 91.3 Å². The molecule has 1 aliphatic carbocycles. The summed E-state index contributed by atoms with van der Waals surface area (Å²) in [6.07, 6.45) is 1.41. The number of nitrogens with zero attached hydrogens (tertiary/aromatic N) is 1. The predicted octanol–water partition coefficient (Wildman–Crippen LogP) is 5.21. The van der Waals surface area contributed by atoms with Gasteiger partial charge in [0.2, 0.25) is 0 Å². The first-order valence-corrected chi connectivity index (χ1v) is 11.1. The molecule has 0 aromatic carbocycles. The standard InChI is InChI=1S/C24H41NO6/c1-16(2)20(26)31-17-10-11-19(18(14-17)25-28)29-12-13-30-21(27)24(9,23(6,7)8)15-22(3,4)5/h17-19H,1,10-15H2,2-9H3. The van der Waals surface area contributed by atoms with E-state index in [9.17, 15) is 14.5 Å². The SMILES string of the molecule is C=C(C)C(=O)OC1CCC(OCCOC(=O)C(C)(CC(C)(C)C)C(C)(C)C)C(N=O)C1. The monoisotopic (exact) mass is 439 g/mol. The molecule has 7 heteroatoms. The number of carbonyl (C=O) groups excluding carboxylic acids is 2. The lowest BCUT2D eigenvalue weighted by Crippen LogP contribution is -2.44. The molecule has 0 amide bonds. The van der Waals surface area contributed by atoms with Crippen LogP contribution in [0.3, 0.4) is 0 Å². The van der Waals surface area contributed by atoms with Crippen molar-refractivity contribution in [3.8, 4) is 0 Å². The van der Waals surface area contributed by atoms with Gasteiger partial charge >= 0.3 is 11.9 Å². The van der Waals surface area contributed by atoms with Gasteiger partial charge in [0.05, 0.1) is 18.1 Å². The second kappa shape index (κ2) is 10.7. The van der Waals surface area contributed by atoms with Crippen LogP contribution in [0.1, 0.15) is 81.1 Å². The van der Waals surface area contributed by atoms with E-state index >= 15 is 0 Å². The lowest BCUT2D eigenvalue weighted by Gasteiger charge is -2.43. The minimum atomic E-state index is -0.636. The molecule has 0 bridgehead atoms. The van der Waals surface area contributed by atoms with Crippen molar-refractivity contribution in [1.29, 1.82) is 0 Å². The molecule has 0 N–H and O–H groups in total. The Balaban J connectivity index is 2.57. The van der Waals surface area contributed by atoms with Crippen molar-refractivity contribution in [2.45, 2.75) is 99.3 Å². The molecule has 0 spiro atoms. The number of carbonyl (C=O) groups is 2. The van der Waals surface area contributed by atoms with Crippen molar-refractivity contribution < 1.29 is 23.8 Å². The fourth-order valence-electron chi connectivity index (χ4n) is 3.94. The van der Waals surface area contributed by atoms with Crippen molar-refractivity contribution in [2.75, 3.05) is 13.2 Å². The van der Waals surface area contributed by atoms with Crippen LogP contribution in [0.5, 0.6) is 0 Å². The Kier molecular flexibility index (Phi) is 9.42. The smallest absolute Gasteiger partial charge is 0.333 e. The van der Waals surface area contributed by atoms with Crippen LogP contribution in [0.25, 0.3) is 0 Å². The quantitative estimate of drug-likeness (QED) is 0.212. The van der Waals surface area contributed by atoms with Gasteiger partial charge in [-0.2, -0.15) is 4.91 Å². The fraction of sp³-hybridized carbons (Fsp3) is 0.833. The minimum absolute atomic E-state index is 0.0212. The number of rotatable bonds is 9. The summed E-state index contributed by atoms with van der Waals surface area (Å²) in [6.45, 7) is 19.9. The molecule has 0 aromatic heterocycles. The van der Waals surface area contributed by atoms with Crippen molar-refractivity contribution in [2.24, 2.45) is 21.4 Å². The summed E-state index contributed by atoms with van der Waals surface area (Å²) >= 11 is 0. The van der Waals surface area contributed by atoms with Crippen LogP contribution in [-0.2, 0) is 23.8 Å². The first kappa shape index (κ1) is 27.3. The van der Waals surface area contributed by atoms with Crippen molar-refractivity contribution in [1.82, 2.24) is 0 Å². The number of nitroso groups, excluding NO2 is 1. The first-order chi connectivity index (χ1) is 14.1. The van der Waals surface area contributed by atoms with E-state index in [0.29, 0.717) is 31.3 Å². The molecule has 4 unspecified atom stereocenters. The summed E-state index contributed by atoms with van der Waals surface area (Å²) in [5.41, 5.74) is -0.593. The fourth-order valence-corrected chi connectivity index (χ4v) is 3.94. The van der Waals surface area contributed by atoms with Gasteiger partial charge in [0.25, 0.3) is 0 Å². The molecule has 178 valence electrons. The van der Waals surface area contributed by atoms with Gasteiger partial charge in [-0.05, 0) is 43.9 Å². The van der Waals surface area contributed by atoms with Gasteiger partial charge in [-0.3, -0.25) is 4.79 Å². The highest BCUT2D eigenvalue weighted by atomic mass is 16.6. The zero-order chi connectivity index (χ0) is 24.0. The highest BCUT2D eigenvalue weighted by molar-refractivity contribution is 5.87. The molecule has 1 rings (SSSR count). The third-order valence-electron chi connectivity index (χ3n) is 6.10. The maximum absolute atomic E-state index is 13.0. The zero-order valence-corrected chi connectivity index (χ0v) is 20.6. The molecule has 0 aromatic rings. The number of hydrogen-bond donors (Lipinski definition) is 0. The Morgan fingerprint density at radius 3 is 2.13 bits per heavy atom. The Bertz CT molecular complexity index is 660. The number of hydrogen-bond acceptors (Lipinski definition) is 7. The molecule has 0 radical (unpaired) electrons. The molecular weight excluding hydrogens is 398 g/mol. The maximum Gasteiger partial charge on any atom is 0.333 e. The molecule has 7 nitrogen and oxygen atoms in total. The van der Waals surface area contributed by atoms with E-state index in [0.717, 1.165) is 0 Å². The highest BCUT2D eigenvalue weighted by Crippen LogP contribution is 2.47. The Morgan fingerprint density at radius 1 is 1.03 bits per heavy atom. The lowest BCUT2D eigenvalue weighted by molar-refractivity contribution is -0.167. The van der Waals surface area contributed by atoms with Crippen LogP contribution in [0.15, 0.2) is 17.3 Å². The molecule has 1 saturated carbocycles. The van der Waals surface area contributed by atoms with Crippen LogP contribution in [0.2, 0.25) is 0 Å². The van der Waals surface area contributed by atoms with Crippen molar-refractivity contribution in [3.63, 3.8) is 0 Å². The van der Waals surface area contributed by atoms with Crippen molar-refractivity contribution in [3.05, 3.63) is 17.1 Å². The largest absolute Gasteiger partial charge is 0.463 e. The van der Waals surface area contributed by atoms with Crippen LogP contribution in [0.4, 0.5) is 0 Å². The van der Waals surface area contributed by atoms with Gasteiger partial charge in [-0.1, -0.05) is 53.3 Å². The van der Waals surface area contributed by atoms with E-state index < -0.39 is 17.4 Å². The van der Waals surface area contributed by atoms with Gasteiger partial charge < -0.3 is 14.2 Å². The van der Waals surface area contributed by atoms with E-state index in [2.05, 4.69) is 53.3 Å². The van der Waals surface area contributed by atoms with Crippen molar-refractivity contribution >= 4 is 11.9 Å². The first-order valence-electron chi connectivity index (χ1n) is 11.1. The van der Waals surface area contributed by atoms with Crippen LogP contribution < -0.4 is 0 Å². The molecule has 31 heavy (non-hydrogen) atoms. The average molecular weight is 440 g/mol. The molecule has 1 fully saturated rings. The lowest BCUT2D eigenvalue weighted by atomic mass is 9.61. The van der Waals surface area contributed by atoms with E-state index in [1.54, 1.807) is 6.92 Å². The highest BCUT2D eigenvalue weighted by Gasteiger charge is 2.47. The summed E-state index contributed by atoms with van der Waals surface area (Å²) < 4.78 is 16.7. The second-order valence-corrected chi connectivity index (χ2v) is 11.2. The number of esters is 2. The van der Waals surface area contributed by atoms with Crippen LogP contribution in [-0.4, -0.2) is 43.4 Å². The van der Waals surface area contributed by atoms with Gasteiger partial charge in [-0.25, -0.2) is 4.79 Å². The molecule has 0 heterocycles. The second-order valence-electron chi connectivity index (χ2n) is 11.2. The molecule has 0 saturated heterocycles. The average Bonchev–Trinajstić information content (AvgIpc) is 2.63. The normalized spacial score (nSPS) is 24.1. The van der Waals surface area contributed by atoms with Crippen LogP contribution in [0, 0.1) is 21.2 Å². The Morgan fingerprint density at radius 2 is 1.65 bits per heavy atom. The van der Waals surface area contributed by atoms with Gasteiger partial charge in [0, 0.05) is 12.0 Å². The molecule has 4 atom stereocenters. The van der Waals surface area contributed by atoms with Gasteiger partial charge in [-0.15, -0.1) is 0 Å². The molecule has 0 aliphatic heterocycles. The van der Waals surface area contributed by atoms with E-state index in [1.165, 1.54) is 0 Å². The minimum Gasteiger partial charge on any atom is -0.463 e. The maximum atomic E-state index is 13.0. The van der Waals surface area contributed by atoms with Gasteiger partial charge in [0.1, 0.15) is 18.8 Å². The summed E-state index contributed by atoms with van der Waals surface area (Å²) in [7, 11) is 0. The number of ether oxygens (including phenoxy) is 3. The van der Waals surface area contributed by atoms with E-state index in [1.807, 2.05) is 6.92 Å². The predicted molar refractivity (Wildman–Crippen MR) is 120 cm³/mol. The Hall–Kier alpha value is -1.76. The third kappa shape index (κ3) is 8.02. The van der Waals surface area contributed by atoms with Gasteiger partial charge in [0.15, 0.2) is 0 Å². The zero-order valence-electron chi connectivity index (χ0n) is 20.6.